The molecule has 2 N–H and O–H groups in total. The molecular formula is C16H18BrNO. The summed E-state index contributed by atoms with van der Waals surface area (Å²) in [5.41, 5.74) is 10.3. The van der Waals surface area contributed by atoms with Crippen LogP contribution < -0.4 is 10.5 Å². The molecule has 0 aliphatic rings. The van der Waals surface area contributed by atoms with Crippen LogP contribution in [0.4, 0.5) is 0 Å². The van der Waals surface area contributed by atoms with Crippen LogP contribution in [-0.2, 0) is 6.54 Å². The van der Waals surface area contributed by atoms with Gasteiger partial charge in [0.25, 0.3) is 0 Å². The van der Waals surface area contributed by atoms with Crippen LogP contribution in [0.3, 0.4) is 0 Å². The van der Waals surface area contributed by atoms with Crippen molar-refractivity contribution in [3.8, 4) is 11.5 Å². The molecule has 19 heavy (non-hydrogen) atoms. The molecule has 0 bridgehead atoms. The molecule has 0 spiro atoms. The summed E-state index contributed by atoms with van der Waals surface area (Å²) in [7, 11) is 0. The van der Waals surface area contributed by atoms with Gasteiger partial charge in [0, 0.05) is 11.0 Å². The molecule has 0 atom stereocenters. The van der Waals surface area contributed by atoms with E-state index in [0.29, 0.717) is 6.54 Å². The molecule has 0 aliphatic heterocycles. The number of aryl methyl sites for hydroxylation is 2. The summed E-state index contributed by atoms with van der Waals surface area (Å²) in [5.74, 6) is 1.76. The van der Waals surface area contributed by atoms with Crippen molar-refractivity contribution >= 4 is 15.9 Å². The first-order valence-electron chi connectivity index (χ1n) is 6.26. The zero-order valence-corrected chi connectivity index (χ0v) is 13.0. The summed E-state index contributed by atoms with van der Waals surface area (Å²) in [4.78, 5) is 0. The third-order valence-corrected chi connectivity index (χ3v) is 4.08. The standard InChI is InChI=1S/C16H18BrNO/c1-10-4-5-11(2)16(12(10)3)19-14-7-6-13(9-18)15(17)8-14/h4-8H,9,18H2,1-3H3. The fourth-order valence-corrected chi connectivity index (χ4v) is 2.48. The molecule has 100 valence electrons. The topological polar surface area (TPSA) is 35.2 Å². The lowest BCUT2D eigenvalue weighted by molar-refractivity contribution is 0.474. The Hall–Kier alpha value is -1.32. The van der Waals surface area contributed by atoms with E-state index in [0.717, 1.165) is 27.1 Å². The molecular weight excluding hydrogens is 302 g/mol. The molecule has 2 aromatic carbocycles. The summed E-state index contributed by atoms with van der Waals surface area (Å²) < 4.78 is 7.01. The van der Waals surface area contributed by atoms with Crippen LogP contribution in [0.15, 0.2) is 34.8 Å². The maximum Gasteiger partial charge on any atom is 0.133 e. The van der Waals surface area contributed by atoms with Gasteiger partial charge in [-0.05, 0) is 55.2 Å². The third kappa shape index (κ3) is 2.99. The van der Waals surface area contributed by atoms with E-state index < -0.39 is 0 Å². The number of benzene rings is 2. The van der Waals surface area contributed by atoms with Crippen molar-refractivity contribution in [2.75, 3.05) is 0 Å². The van der Waals surface area contributed by atoms with Crippen LogP contribution >= 0.6 is 15.9 Å². The Morgan fingerprint density at radius 3 is 2.37 bits per heavy atom. The summed E-state index contributed by atoms with van der Waals surface area (Å²) in [5, 5.41) is 0. The van der Waals surface area contributed by atoms with Crippen molar-refractivity contribution in [2.24, 2.45) is 5.73 Å². The van der Waals surface area contributed by atoms with Gasteiger partial charge >= 0.3 is 0 Å². The monoisotopic (exact) mass is 319 g/mol. The van der Waals surface area contributed by atoms with Crippen molar-refractivity contribution in [3.05, 3.63) is 57.1 Å². The Labute approximate surface area is 122 Å². The molecule has 0 amide bonds. The van der Waals surface area contributed by atoms with E-state index in [1.54, 1.807) is 0 Å². The summed E-state index contributed by atoms with van der Waals surface area (Å²) in [6.45, 7) is 6.75. The lowest BCUT2D eigenvalue weighted by Gasteiger charge is -2.14. The second-order valence-corrected chi connectivity index (χ2v) is 5.57. The first kappa shape index (κ1) is 14.1. The molecule has 0 aliphatic carbocycles. The highest BCUT2D eigenvalue weighted by Gasteiger charge is 2.08. The number of ether oxygens (including phenoxy) is 1. The minimum Gasteiger partial charge on any atom is -0.457 e. The van der Waals surface area contributed by atoms with Gasteiger partial charge in [0.05, 0.1) is 0 Å². The Morgan fingerprint density at radius 2 is 1.74 bits per heavy atom. The van der Waals surface area contributed by atoms with Gasteiger partial charge in [-0.1, -0.05) is 34.1 Å². The van der Waals surface area contributed by atoms with E-state index in [1.807, 2.05) is 18.2 Å². The molecule has 0 saturated heterocycles. The van der Waals surface area contributed by atoms with Gasteiger partial charge in [-0.3, -0.25) is 0 Å². The first-order chi connectivity index (χ1) is 9.02. The average molecular weight is 320 g/mol. The zero-order valence-electron chi connectivity index (χ0n) is 11.5. The van der Waals surface area contributed by atoms with Crippen LogP contribution in [0.5, 0.6) is 11.5 Å². The highest BCUT2D eigenvalue weighted by atomic mass is 79.9. The summed E-state index contributed by atoms with van der Waals surface area (Å²) in [6, 6.07) is 10.1. The fraction of sp³-hybridized carbons (Fsp3) is 0.250. The highest BCUT2D eigenvalue weighted by Crippen LogP contribution is 2.32. The molecule has 2 aromatic rings. The molecule has 3 heteroatoms. The quantitative estimate of drug-likeness (QED) is 0.895. The molecule has 0 aromatic heterocycles. The molecule has 0 heterocycles. The van der Waals surface area contributed by atoms with Crippen LogP contribution in [0.2, 0.25) is 0 Å². The predicted molar refractivity (Wildman–Crippen MR) is 82.8 cm³/mol. The van der Waals surface area contributed by atoms with Crippen molar-refractivity contribution in [2.45, 2.75) is 27.3 Å². The summed E-state index contributed by atoms with van der Waals surface area (Å²) in [6.07, 6.45) is 0. The number of rotatable bonds is 3. The van der Waals surface area contributed by atoms with Gasteiger partial charge in [-0.15, -0.1) is 0 Å². The van der Waals surface area contributed by atoms with Gasteiger partial charge in [0.1, 0.15) is 11.5 Å². The lowest BCUT2D eigenvalue weighted by Crippen LogP contribution is -1.98. The molecule has 0 fully saturated rings. The van der Waals surface area contributed by atoms with Gasteiger partial charge in [0.2, 0.25) is 0 Å². The molecule has 0 radical (unpaired) electrons. The van der Waals surface area contributed by atoms with E-state index in [2.05, 4.69) is 48.8 Å². The second-order valence-electron chi connectivity index (χ2n) is 4.71. The van der Waals surface area contributed by atoms with E-state index in [9.17, 15) is 0 Å². The third-order valence-electron chi connectivity index (χ3n) is 3.34. The minimum atomic E-state index is 0.517. The van der Waals surface area contributed by atoms with Crippen molar-refractivity contribution < 1.29 is 4.74 Å². The van der Waals surface area contributed by atoms with E-state index in [4.69, 9.17) is 10.5 Å². The van der Waals surface area contributed by atoms with Crippen LogP contribution in [0.1, 0.15) is 22.3 Å². The number of halogens is 1. The zero-order chi connectivity index (χ0) is 14.0. The van der Waals surface area contributed by atoms with Crippen molar-refractivity contribution in [1.29, 1.82) is 0 Å². The Bertz CT molecular complexity index is 608. The first-order valence-corrected chi connectivity index (χ1v) is 7.05. The molecule has 0 unspecified atom stereocenters. The van der Waals surface area contributed by atoms with E-state index in [1.165, 1.54) is 11.1 Å². The van der Waals surface area contributed by atoms with Crippen molar-refractivity contribution in [1.82, 2.24) is 0 Å². The number of hydrogen-bond donors (Lipinski definition) is 1. The lowest BCUT2D eigenvalue weighted by atomic mass is 10.1. The van der Waals surface area contributed by atoms with Gasteiger partial charge in [-0.25, -0.2) is 0 Å². The van der Waals surface area contributed by atoms with Crippen LogP contribution in [0, 0.1) is 20.8 Å². The van der Waals surface area contributed by atoms with Crippen molar-refractivity contribution in [3.63, 3.8) is 0 Å². The van der Waals surface area contributed by atoms with Crippen LogP contribution in [0.25, 0.3) is 0 Å². The van der Waals surface area contributed by atoms with E-state index in [-0.39, 0.29) is 0 Å². The largest absolute Gasteiger partial charge is 0.457 e. The van der Waals surface area contributed by atoms with Gasteiger partial charge < -0.3 is 10.5 Å². The molecule has 0 saturated carbocycles. The maximum atomic E-state index is 6.03. The SMILES string of the molecule is Cc1ccc(C)c(Oc2ccc(CN)c(Br)c2)c1C. The minimum absolute atomic E-state index is 0.517. The normalized spacial score (nSPS) is 10.6. The fourth-order valence-electron chi connectivity index (χ4n) is 1.96. The number of hydrogen-bond acceptors (Lipinski definition) is 2. The number of nitrogens with two attached hydrogens (primary N) is 1. The summed E-state index contributed by atoms with van der Waals surface area (Å²) >= 11 is 3.51. The maximum absolute atomic E-state index is 6.03. The molecule has 2 nitrogen and oxygen atoms in total. The smallest absolute Gasteiger partial charge is 0.133 e. The van der Waals surface area contributed by atoms with Crippen LogP contribution in [-0.4, -0.2) is 0 Å². The van der Waals surface area contributed by atoms with Gasteiger partial charge in [0.15, 0.2) is 0 Å². The molecule has 2 rings (SSSR count). The second kappa shape index (κ2) is 5.76. The highest BCUT2D eigenvalue weighted by molar-refractivity contribution is 9.10. The Balaban J connectivity index is 2.36. The average Bonchev–Trinajstić information content (AvgIpc) is 2.39. The Kier molecular flexibility index (Phi) is 4.27. The predicted octanol–water partition coefficient (Wildman–Crippen LogP) is 4.63. The van der Waals surface area contributed by atoms with E-state index >= 15 is 0 Å². The Morgan fingerprint density at radius 1 is 1.05 bits per heavy atom. The van der Waals surface area contributed by atoms with Gasteiger partial charge in [-0.2, -0.15) is 0 Å².